The number of hydrogen-bond acceptors (Lipinski definition) is 3. The Labute approximate surface area is 120 Å². The average Bonchev–Trinajstić information content (AvgIpc) is 2.86. The van der Waals surface area contributed by atoms with Crippen LogP contribution < -0.4 is 5.32 Å². The van der Waals surface area contributed by atoms with E-state index in [1.165, 1.54) is 24.5 Å². The van der Waals surface area contributed by atoms with E-state index < -0.39 is 5.97 Å². The molecular weight excluding hydrogens is 282 g/mol. The second-order valence-corrected chi connectivity index (χ2v) is 4.47. The Morgan fingerprint density at radius 3 is 2.65 bits per heavy atom. The number of carbonyl (C=O) groups excluding carboxylic acids is 1. The first-order valence-electron chi connectivity index (χ1n) is 5.93. The Hall–Kier alpha value is -2.27. The van der Waals surface area contributed by atoms with Gasteiger partial charge in [-0.05, 0) is 24.3 Å². The lowest BCUT2D eigenvalue weighted by atomic mass is 10.1. The summed E-state index contributed by atoms with van der Waals surface area (Å²) in [6, 6.07) is 5.81. The zero-order valence-corrected chi connectivity index (χ0v) is 11.4. The van der Waals surface area contributed by atoms with E-state index in [0.29, 0.717) is 23.4 Å². The number of amides is 1. The van der Waals surface area contributed by atoms with Crippen molar-refractivity contribution >= 4 is 29.2 Å². The van der Waals surface area contributed by atoms with Gasteiger partial charge in [0.2, 0.25) is 0 Å². The van der Waals surface area contributed by atoms with Crippen molar-refractivity contribution in [3.8, 4) is 0 Å². The molecule has 0 bridgehead atoms. The summed E-state index contributed by atoms with van der Waals surface area (Å²) in [5, 5.41) is 11.6. The molecule has 104 valence electrons. The summed E-state index contributed by atoms with van der Waals surface area (Å²) in [5.74, 6) is -0.846. The topological polar surface area (TPSA) is 79.5 Å². The summed E-state index contributed by atoms with van der Waals surface area (Å²) in [7, 11) is 0. The zero-order chi connectivity index (χ0) is 14.7. The fraction of sp³-hybridized carbons (Fsp3) is 0.143. The van der Waals surface area contributed by atoms with Gasteiger partial charge in [0.25, 0.3) is 5.91 Å². The van der Waals surface area contributed by atoms with Crippen molar-refractivity contribution in [1.29, 1.82) is 0 Å². The van der Waals surface area contributed by atoms with Gasteiger partial charge in [-0.25, -0.2) is 4.79 Å². The van der Waals surface area contributed by atoms with Crippen molar-refractivity contribution < 1.29 is 19.1 Å². The molecule has 0 aliphatic carbocycles. The highest BCUT2D eigenvalue weighted by Crippen LogP contribution is 2.22. The lowest BCUT2D eigenvalue weighted by Crippen LogP contribution is -2.13. The summed E-state index contributed by atoms with van der Waals surface area (Å²) in [5.41, 5.74) is 0.862. The van der Waals surface area contributed by atoms with Gasteiger partial charge in [-0.2, -0.15) is 0 Å². The number of carbonyl (C=O) groups is 2. The quantitative estimate of drug-likeness (QED) is 0.905. The number of furan rings is 1. The molecule has 0 aliphatic heterocycles. The van der Waals surface area contributed by atoms with E-state index in [4.69, 9.17) is 21.1 Å². The fourth-order valence-electron chi connectivity index (χ4n) is 1.78. The van der Waals surface area contributed by atoms with E-state index in [9.17, 15) is 9.59 Å². The van der Waals surface area contributed by atoms with Crippen molar-refractivity contribution in [1.82, 2.24) is 0 Å². The number of carboxylic acid groups (broad SMARTS) is 1. The van der Waals surface area contributed by atoms with E-state index in [-0.39, 0.29) is 16.5 Å². The Morgan fingerprint density at radius 1 is 1.30 bits per heavy atom. The SMILES string of the molecule is CCc1occc1C(=O)Nc1ccc(C(=O)O)c(Cl)c1. The molecule has 6 heteroatoms. The molecule has 0 atom stereocenters. The average molecular weight is 294 g/mol. The van der Waals surface area contributed by atoms with Gasteiger partial charge in [0.1, 0.15) is 5.76 Å². The Morgan fingerprint density at radius 2 is 2.05 bits per heavy atom. The maximum absolute atomic E-state index is 12.1. The smallest absolute Gasteiger partial charge is 0.337 e. The molecule has 2 rings (SSSR count). The summed E-state index contributed by atoms with van der Waals surface area (Å²) < 4.78 is 5.18. The Bertz CT molecular complexity index is 663. The maximum atomic E-state index is 12.1. The van der Waals surface area contributed by atoms with E-state index in [2.05, 4.69) is 5.32 Å². The lowest BCUT2D eigenvalue weighted by Gasteiger charge is -2.06. The van der Waals surface area contributed by atoms with Gasteiger partial charge < -0.3 is 14.8 Å². The third-order valence-electron chi connectivity index (χ3n) is 2.77. The van der Waals surface area contributed by atoms with Crippen LogP contribution in [0.5, 0.6) is 0 Å². The number of halogens is 1. The third-order valence-corrected chi connectivity index (χ3v) is 3.08. The molecule has 0 saturated heterocycles. The van der Waals surface area contributed by atoms with Gasteiger partial charge in [-0.1, -0.05) is 18.5 Å². The van der Waals surface area contributed by atoms with Crippen LogP contribution in [0, 0.1) is 0 Å². The highest BCUT2D eigenvalue weighted by molar-refractivity contribution is 6.33. The van der Waals surface area contributed by atoms with Crippen LogP contribution in [0.15, 0.2) is 34.9 Å². The van der Waals surface area contributed by atoms with Gasteiger partial charge in [0, 0.05) is 12.1 Å². The monoisotopic (exact) mass is 293 g/mol. The molecule has 0 fully saturated rings. The zero-order valence-electron chi connectivity index (χ0n) is 10.6. The first-order valence-corrected chi connectivity index (χ1v) is 6.31. The molecule has 0 radical (unpaired) electrons. The number of rotatable bonds is 4. The molecule has 0 spiro atoms. The molecule has 1 aromatic heterocycles. The molecule has 5 nitrogen and oxygen atoms in total. The van der Waals surface area contributed by atoms with Crippen LogP contribution in [0.3, 0.4) is 0 Å². The number of nitrogens with one attached hydrogen (secondary N) is 1. The highest BCUT2D eigenvalue weighted by Gasteiger charge is 2.15. The first-order chi connectivity index (χ1) is 9.52. The standard InChI is InChI=1S/C14H12ClNO4/c1-2-12-10(5-6-20-12)13(17)16-8-3-4-9(14(18)19)11(15)7-8/h3-7H,2H2,1H3,(H,16,17)(H,18,19). The number of aryl methyl sites for hydroxylation is 1. The van der Waals surface area contributed by atoms with Gasteiger partial charge in [-0.3, -0.25) is 4.79 Å². The van der Waals surface area contributed by atoms with Crippen molar-refractivity contribution in [2.24, 2.45) is 0 Å². The highest BCUT2D eigenvalue weighted by atomic mass is 35.5. The minimum atomic E-state index is -1.11. The van der Waals surface area contributed by atoms with E-state index >= 15 is 0 Å². The van der Waals surface area contributed by atoms with Crippen molar-refractivity contribution in [2.75, 3.05) is 5.32 Å². The third kappa shape index (κ3) is 2.83. The van der Waals surface area contributed by atoms with Gasteiger partial charge in [0.05, 0.1) is 22.4 Å². The Balaban J connectivity index is 2.20. The van der Waals surface area contributed by atoms with Crippen LogP contribution in [0.4, 0.5) is 5.69 Å². The minimum Gasteiger partial charge on any atom is -0.478 e. The predicted octanol–water partition coefficient (Wildman–Crippen LogP) is 3.45. The molecule has 2 aromatic rings. The van der Waals surface area contributed by atoms with Gasteiger partial charge in [-0.15, -0.1) is 0 Å². The molecule has 0 unspecified atom stereocenters. The van der Waals surface area contributed by atoms with Crippen LogP contribution >= 0.6 is 11.6 Å². The maximum Gasteiger partial charge on any atom is 0.337 e. The normalized spacial score (nSPS) is 10.3. The number of anilines is 1. The second-order valence-electron chi connectivity index (χ2n) is 4.06. The van der Waals surface area contributed by atoms with Gasteiger partial charge in [0.15, 0.2) is 0 Å². The van der Waals surface area contributed by atoms with Crippen LogP contribution in [0.1, 0.15) is 33.4 Å². The molecule has 20 heavy (non-hydrogen) atoms. The fourth-order valence-corrected chi connectivity index (χ4v) is 2.04. The van der Waals surface area contributed by atoms with E-state index in [0.717, 1.165) is 0 Å². The van der Waals surface area contributed by atoms with Crippen LogP contribution in [-0.2, 0) is 6.42 Å². The second kappa shape index (κ2) is 5.79. The van der Waals surface area contributed by atoms with Crippen molar-refractivity contribution in [3.63, 3.8) is 0 Å². The molecule has 0 aliphatic rings. The number of hydrogen-bond donors (Lipinski definition) is 2. The van der Waals surface area contributed by atoms with E-state index in [1.807, 2.05) is 6.92 Å². The summed E-state index contributed by atoms with van der Waals surface area (Å²) >= 11 is 5.84. The minimum absolute atomic E-state index is 0.0118. The molecule has 0 saturated carbocycles. The largest absolute Gasteiger partial charge is 0.478 e. The van der Waals surface area contributed by atoms with E-state index in [1.54, 1.807) is 6.07 Å². The molecule has 1 amide bonds. The summed E-state index contributed by atoms with van der Waals surface area (Å²) in [4.78, 5) is 22.9. The Kier molecular flexibility index (Phi) is 4.10. The summed E-state index contributed by atoms with van der Waals surface area (Å²) in [6.07, 6.45) is 2.06. The molecule has 2 N–H and O–H groups in total. The lowest BCUT2D eigenvalue weighted by molar-refractivity contribution is 0.0697. The number of carboxylic acids is 1. The van der Waals surface area contributed by atoms with Crippen molar-refractivity contribution in [3.05, 3.63) is 52.4 Å². The first kappa shape index (κ1) is 14.1. The number of benzene rings is 1. The molecular formula is C14H12ClNO4. The molecule has 1 heterocycles. The van der Waals surface area contributed by atoms with Crippen LogP contribution in [0.2, 0.25) is 5.02 Å². The van der Waals surface area contributed by atoms with Crippen molar-refractivity contribution in [2.45, 2.75) is 13.3 Å². The van der Waals surface area contributed by atoms with Crippen LogP contribution in [0.25, 0.3) is 0 Å². The predicted molar refractivity (Wildman–Crippen MR) is 74.5 cm³/mol. The van der Waals surface area contributed by atoms with Gasteiger partial charge >= 0.3 is 5.97 Å². The molecule has 1 aromatic carbocycles. The van der Waals surface area contributed by atoms with Crippen LogP contribution in [-0.4, -0.2) is 17.0 Å². The summed E-state index contributed by atoms with van der Waals surface area (Å²) in [6.45, 7) is 1.88. The number of aromatic carboxylic acids is 1.